The Morgan fingerprint density at radius 1 is 1.29 bits per heavy atom. The van der Waals surface area contributed by atoms with E-state index in [1.165, 1.54) is 24.3 Å². The molecule has 0 bridgehead atoms. The van der Waals surface area contributed by atoms with Crippen molar-refractivity contribution in [3.8, 4) is 11.3 Å². The minimum absolute atomic E-state index is 0.0246. The maximum Gasteiger partial charge on any atom is 0.287 e. The molecule has 0 N–H and O–H groups in total. The van der Waals surface area contributed by atoms with E-state index in [1.54, 1.807) is 6.07 Å². The van der Waals surface area contributed by atoms with Crippen molar-refractivity contribution in [1.29, 1.82) is 0 Å². The number of nitro groups is 1. The van der Waals surface area contributed by atoms with E-state index in [4.69, 9.17) is 16.0 Å². The predicted octanol–water partition coefficient (Wildman–Crippen LogP) is 3.32. The molecule has 2 aromatic rings. The van der Waals surface area contributed by atoms with E-state index in [1.807, 2.05) is 0 Å². The summed E-state index contributed by atoms with van der Waals surface area (Å²) < 4.78 is 5.18. The zero-order chi connectivity index (χ0) is 12.4. The summed E-state index contributed by atoms with van der Waals surface area (Å²) >= 11 is 5.76. The zero-order valence-electron chi connectivity index (χ0n) is 8.42. The van der Waals surface area contributed by atoms with Crippen molar-refractivity contribution >= 4 is 23.6 Å². The van der Waals surface area contributed by atoms with Gasteiger partial charge in [-0.3, -0.25) is 14.9 Å². The van der Waals surface area contributed by atoms with Crippen molar-refractivity contribution in [2.24, 2.45) is 0 Å². The molecule has 0 amide bonds. The van der Waals surface area contributed by atoms with Gasteiger partial charge >= 0.3 is 0 Å². The van der Waals surface area contributed by atoms with Gasteiger partial charge in [-0.05, 0) is 24.3 Å². The number of rotatable bonds is 3. The Bertz CT molecular complexity index is 591. The maximum atomic E-state index is 10.6. The fourth-order valence-corrected chi connectivity index (χ4v) is 1.63. The number of nitrogens with zero attached hydrogens (tertiary/aromatic N) is 1. The Hall–Kier alpha value is -2.14. The summed E-state index contributed by atoms with van der Waals surface area (Å²) in [5.74, 6) is 0.623. The van der Waals surface area contributed by atoms with Gasteiger partial charge in [0, 0.05) is 11.6 Å². The average Bonchev–Trinajstić information content (AvgIpc) is 2.76. The van der Waals surface area contributed by atoms with Gasteiger partial charge in [0.25, 0.3) is 5.69 Å². The quantitative estimate of drug-likeness (QED) is 0.476. The molecule has 1 heterocycles. The van der Waals surface area contributed by atoms with Gasteiger partial charge in [0.05, 0.1) is 4.92 Å². The van der Waals surface area contributed by atoms with Gasteiger partial charge in [-0.2, -0.15) is 0 Å². The first kappa shape index (κ1) is 11.3. The van der Waals surface area contributed by atoms with Crippen LogP contribution in [0.5, 0.6) is 0 Å². The van der Waals surface area contributed by atoms with Gasteiger partial charge in [0.2, 0.25) is 0 Å². The van der Waals surface area contributed by atoms with Crippen molar-refractivity contribution < 1.29 is 14.1 Å². The third-order valence-corrected chi connectivity index (χ3v) is 2.47. The lowest BCUT2D eigenvalue weighted by Crippen LogP contribution is -1.88. The summed E-state index contributed by atoms with van der Waals surface area (Å²) in [4.78, 5) is 20.5. The Balaban J connectivity index is 2.43. The van der Waals surface area contributed by atoms with E-state index in [9.17, 15) is 14.9 Å². The number of hydrogen-bond acceptors (Lipinski definition) is 4. The largest absolute Gasteiger partial charge is 0.453 e. The lowest BCUT2D eigenvalue weighted by Gasteiger charge is -1.98. The number of hydrogen-bond donors (Lipinski definition) is 0. The SMILES string of the molecule is O=Cc1ccc(-c2ccc([N+](=O)[O-])c(Cl)c2)o1. The molecule has 1 aromatic heterocycles. The highest BCUT2D eigenvalue weighted by Gasteiger charge is 2.14. The molecule has 0 saturated heterocycles. The minimum Gasteiger partial charge on any atom is -0.453 e. The number of aldehydes is 1. The molecule has 0 saturated carbocycles. The van der Waals surface area contributed by atoms with Crippen molar-refractivity contribution in [3.63, 3.8) is 0 Å². The van der Waals surface area contributed by atoms with Crippen LogP contribution in [0.4, 0.5) is 5.69 Å². The molecule has 0 aliphatic carbocycles. The van der Waals surface area contributed by atoms with E-state index >= 15 is 0 Å². The summed E-state index contributed by atoms with van der Waals surface area (Å²) in [7, 11) is 0. The second-order valence-electron chi connectivity index (χ2n) is 3.24. The monoisotopic (exact) mass is 251 g/mol. The fourth-order valence-electron chi connectivity index (χ4n) is 1.38. The van der Waals surface area contributed by atoms with Crippen LogP contribution < -0.4 is 0 Å². The number of carbonyl (C=O) groups excluding carboxylic acids is 1. The molecule has 0 unspecified atom stereocenters. The number of nitro benzene ring substituents is 1. The van der Waals surface area contributed by atoms with E-state index in [2.05, 4.69) is 0 Å². The highest BCUT2D eigenvalue weighted by Crippen LogP contribution is 2.30. The van der Waals surface area contributed by atoms with Gasteiger partial charge in [-0.1, -0.05) is 11.6 Å². The van der Waals surface area contributed by atoms with Gasteiger partial charge in [0.15, 0.2) is 12.0 Å². The Kier molecular flexibility index (Phi) is 2.93. The van der Waals surface area contributed by atoms with Crippen molar-refractivity contribution in [1.82, 2.24) is 0 Å². The second kappa shape index (κ2) is 4.39. The Morgan fingerprint density at radius 2 is 2.06 bits per heavy atom. The van der Waals surface area contributed by atoms with Crippen molar-refractivity contribution in [2.75, 3.05) is 0 Å². The first-order valence-corrected chi connectivity index (χ1v) is 4.99. The molecule has 1 aromatic carbocycles. The van der Waals surface area contributed by atoms with Crippen LogP contribution in [-0.4, -0.2) is 11.2 Å². The van der Waals surface area contributed by atoms with Crippen LogP contribution >= 0.6 is 11.6 Å². The summed E-state index contributed by atoms with van der Waals surface area (Å²) in [6.45, 7) is 0. The van der Waals surface area contributed by atoms with E-state index in [-0.39, 0.29) is 16.5 Å². The number of carbonyl (C=O) groups is 1. The normalized spacial score (nSPS) is 10.2. The molecular weight excluding hydrogens is 246 g/mol. The van der Waals surface area contributed by atoms with E-state index < -0.39 is 4.92 Å². The molecule has 2 rings (SSSR count). The van der Waals surface area contributed by atoms with Crippen LogP contribution in [0, 0.1) is 10.1 Å². The summed E-state index contributed by atoms with van der Waals surface area (Å²) in [5.41, 5.74) is 0.409. The average molecular weight is 252 g/mol. The van der Waals surface area contributed by atoms with Gasteiger partial charge < -0.3 is 4.42 Å². The fraction of sp³-hybridized carbons (Fsp3) is 0. The highest BCUT2D eigenvalue weighted by molar-refractivity contribution is 6.32. The molecule has 5 nitrogen and oxygen atoms in total. The summed E-state index contributed by atoms with van der Waals surface area (Å²) in [6.07, 6.45) is 0.580. The molecule has 0 spiro atoms. The topological polar surface area (TPSA) is 73.3 Å². The van der Waals surface area contributed by atoms with Gasteiger partial charge in [0.1, 0.15) is 10.8 Å². The molecule has 86 valence electrons. The molecular formula is C11H6ClNO4. The third kappa shape index (κ3) is 2.19. The molecule has 0 aliphatic heterocycles. The minimum atomic E-state index is -0.564. The van der Waals surface area contributed by atoms with E-state index in [0.29, 0.717) is 17.6 Å². The number of benzene rings is 1. The summed E-state index contributed by atoms with van der Waals surface area (Å²) in [5, 5.41) is 10.6. The van der Waals surface area contributed by atoms with Crippen LogP contribution in [0.2, 0.25) is 5.02 Å². The predicted molar refractivity (Wildman–Crippen MR) is 61.2 cm³/mol. The van der Waals surface area contributed by atoms with Crippen molar-refractivity contribution in [3.05, 3.63) is 51.2 Å². The number of furan rings is 1. The lowest BCUT2D eigenvalue weighted by atomic mass is 10.1. The van der Waals surface area contributed by atoms with Crippen molar-refractivity contribution in [2.45, 2.75) is 0 Å². The molecule has 0 aliphatic rings. The van der Waals surface area contributed by atoms with Gasteiger partial charge in [-0.25, -0.2) is 0 Å². The molecule has 0 radical (unpaired) electrons. The molecule has 6 heteroatoms. The lowest BCUT2D eigenvalue weighted by molar-refractivity contribution is -0.384. The highest BCUT2D eigenvalue weighted by atomic mass is 35.5. The first-order valence-electron chi connectivity index (χ1n) is 4.61. The Morgan fingerprint density at radius 3 is 2.59 bits per heavy atom. The third-order valence-electron chi connectivity index (χ3n) is 2.17. The summed E-state index contributed by atoms with van der Waals surface area (Å²) in [6, 6.07) is 7.34. The van der Waals surface area contributed by atoms with Crippen LogP contribution in [0.3, 0.4) is 0 Å². The zero-order valence-corrected chi connectivity index (χ0v) is 9.18. The van der Waals surface area contributed by atoms with E-state index in [0.717, 1.165) is 0 Å². The molecule has 0 fully saturated rings. The van der Waals surface area contributed by atoms with Crippen LogP contribution in [0.1, 0.15) is 10.6 Å². The maximum absolute atomic E-state index is 10.6. The second-order valence-corrected chi connectivity index (χ2v) is 3.65. The molecule has 17 heavy (non-hydrogen) atoms. The smallest absolute Gasteiger partial charge is 0.287 e. The number of halogens is 1. The van der Waals surface area contributed by atoms with Gasteiger partial charge in [-0.15, -0.1) is 0 Å². The van der Waals surface area contributed by atoms with Crippen LogP contribution in [0.25, 0.3) is 11.3 Å². The Labute approximate surface area is 101 Å². The standard InChI is InChI=1S/C11H6ClNO4/c12-9-5-7(1-3-10(9)13(15)16)11-4-2-8(6-14)17-11/h1-6H. The molecule has 0 atom stereocenters. The van der Waals surface area contributed by atoms with Crippen LogP contribution in [0.15, 0.2) is 34.7 Å². The first-order chi connectivity index (χ1) is 8.11. The van der Waals surface area contributed by atoms with Crippen LogP contribution in [-0.2, 0) is 0 Å².